The van der Waals surface area contributed by atoms with E-state index in [2.05, 4.69) is 20.4 Å². The quantitative estimate of drug-likeness (QED) is 0.432. The van der Waals surface area contributed by atoms with E-state index in [0.717, 1.165) is 10.2 Å². The summed E-state index contributed by atoms with van der Waals surface area (Å²) in [4.78, 5) is 0. The van der Waals surface area contributed by atoms with Gasteiger partial charge in [0.05, 0.1) is 29.1 Å². The maximum atomic E-state index is 13.1. The van der Waals surface area contributed by atoms with Crippen molar-refractivity contribution in [2.75, 3.05) is 0 Å². The van der Waals surface area contributed by atoms with Crippen LogP contribution in [0.25, 0.3) is 5.69 Å². The van der Waals surface area contributed by atoms with Crippen LogP contribution in [0.5, 0.6) is 0 Å². The van der Waals surface area contributed by atoms with Crippen LogP contribution in [-0.2, 0) is 19.3 Å². The molecular weight excluding hydrogens is 451 g/mol. The molecular formula is C19H17ClF3N7S. The molecule has 7 nitrogen and oxygen atoms in total. The zero-order valence-corrected chi connectivity index (χ0v) is 18.1. The number of nitrogens with one attached hydrogen (secondary N) is 1. The van der Waals surface area contributed by atoms with E-state index in [4.69, 9.17) is 23.8 Å². The Morgan fingerprint density at radius 3 is 2.48 bits per heavy atom. The van der Waals surface area contributed by atoms with Gasteiger partial charge in [-0.3, -0.25) is 19.0 Å². The summed E-state index contributed by atoms with van der Waals surface area (Å²) < 4.78 is 44.2. The van der Waals surface area contributed by atoms with Crippen LogP contribution < -0.4 is 0 Å². The molecule has 0 spiro atoms. The molecule has 3 aromatic heterocycles. The van der Waals surface area contributed by atoms with Gasteiger partial charge in [0.2, 0.25) is 0 Å². The van der Waals surface area contributed by atoms with Crippen LogP contribution in [-0.4, -0.2) is 34.3 Å². The van der Waals surface area contributed by atoms with E-state index in [1.165, 1.54) is 12.5 Å². The van der Waals surface area contributed by atoms with Crippen molar-refractivity contribution in [3.05, 3.63) is 74.8 Å². The summed E-state index contributed by atoms with van der Waals surface area (Å²) in [6, 6.07) is 8.09. The minimum absolute atomic E-state index is 0.0576. The zero-order chi connectivity index (χ0) is 22.3. The fourth-order valence-electron chi connectivity index (χ4n) is 3.13. The lowest BCUT2D eigenvalue weighted by Gasteiger charge is -2.06. The fourth-order valence-corrected chi connectivity index (χ4v) is 3.63. The average Bonchev–Trinajstić information content (AvgIpc) is 3.37. The van der Waals surface area contributed by atoms with Crippen LogP contribution in [0.1, 0.15) is 28.3 Å². The standard InChI is InChI=1S/C19H17ClF3N7S/c1-11-3-5-13(6-4-11)8-28-9-14(7-24-28)30-15(25-26-18(30)31)10-29-12(2)16(20)17(27-29)19(21,22)23/h3-7,9H,8,10H2,1-2H3,(H,26,31). The molecule has 31 heavy (non-hydrogen) atoms. The van der Waals surface area contributed by atoms with Crippen molar-refractivity contribution in [2.24, 2.45) is 0 Å². The normalized spacial score (nSPS) is 11.9. The van der Waals surface area contributed by atoms with E-state index in [1.807, 2.05) is 31.2 Å². The van der Waals surface area contributed by atoms with Gasteiger partial charge in [-0.05, 0) is 31.6 Å². The molecule has 4 aromatic rings. The molecule has 0 atom stereocenters. The van der Waals surface area contributed by atoms with Crippen LogP contribution in [0.3, 0.4) is 0 Å². The van der Waals surface area contributed by atoms with Gasteiger partial charge in [0, 0.05) is 6.20 Å². The Hall–Kier alpha value is -2.92. The lowest BCUT2D eigenvalue weighted by molar-refractivity contribution is -0.141. The van der Waals surface area contributed by atoms with Crippen molar-refractivity contribution in [1.82, 2.24) is 34.3 Å². The summed E-state index contributed by atoms with van der Waals surface area (Å²) in [6.45, 7) is 3.99. The topological polar surface area (TPSA) is 69.2 Å². The number of aromatic nitrogens is 7. The van der Waals surface area contributed by atoms with Crippen molar-refractivity contribution >= 4 is 23.8 Å². The number of halogens is 4. The summed E-state index contributed by atoms with van der Waals surface area (Å²) in [6.07, 6.45) is -1.24. The van der Waals surface area contributed by atoms with Gasteiger partial charge < -0.3 is 0 Å². The van der Waals surface area contributed by atoms with Crippen molar-refractivity contribution in [1.29, 1.82) is 0 Å². The van der Waals surface area contributed by atoms with Gasteiger partial charge in [0.25, 0.3) is 0 Å². The maximum Gasteiger partial charge on any atom is 0.436 e. The Kier molecular flexibility index (Phi) is 5.48. The van der Waals surface area contributed by atoms with E-state index in [0.29, 0.717) is 18.1 Å². The molecule has 1 aromatic carbocycles. The second-order valence-corrected chi connectivity index (χ2v) is 7.83. The van der Waals surface area contributed by atoms with Gasteiger partial charge in [0.15, 0.2) is 16.3 Å². The molecule has 0 fully saturated rings. The van der Waals surface area contributed by atoms with Gasteiger partial charge in [-0.1, -0.05) is 41.4 Å². The third kappa shape index (κ3) is 4.28. The predicted octanol–water partition coefficient (Wildman–Crippen LogP) is 4.71. The molecule has 0 aliphatic carbocycles. The molecule has 0 amide bonds. The summed E-state index contributed by atoms with van der Waals surface area (Å²) >= 11 is 11.2. The first-order valence-corrected chi connectivity index (χ1v) is 9.97. The molecule has 0 bridgehead atoms. The Balaban J connectivity index is 1.63. The number of alkyl halides is 3. The minimum Gasteiger partial charge on any atom is -0.267 e. The molecule has 0 saturated heterocycles. The van der Waals surface area contributed by atoms with E-state index < -0.39 is 16.9 Å². The van der Waals surface area contributed by atoms with Gasteiger partial charge in [0.1, 0.15) is 6.54 Å². The highest BCUT2D eigenvalue weighted by Gasteiger charge is 2.38. The van der Waals surface area contributed by atoms with Gasteiger partial charge >= 0.3 is 6.18 Å². The number of aryl methyl sites for hydroxylation is 1. The lowest BCUT2D eigenvalue weighted by Crippen LogP contribution is -2.12. The van der Waals surface area contributed by atoms with Crippen molar-refractivity contribution in [3.63, 3.8) is 0 Å². The summed E-state index contributed by atoms with van der Waals surface area (Å²) in [7, 11) is 0. The Morgan fingerprint density at radius 2 is 1.84 bits per heavy atom. The van der Waals surface area contributed by atoms with Crippen molar-refractivity contribution in [3.8, 4) is 5.69 Å². The number of H-pyrrole nitrogens is 1. The molecule has 162 valence electrons. The molecule has 4 rings (SSSR count). The number of hydrogen-bond donors (Lipinski definition) is 1. The Labute approximate surface area is 185 Å². The number of nitrogens with zero attached hydrogens (tertiary/aromatic N) is 6. The first-order valence-electron chi connectivity index (χ1n) is 9.18. The second kappa shape index (κ2) is 7.97. The predicted molar refractivity (Wildman–Crippen MR) is 111 cm³/mol. The van der Waals surface area contributed by atoms with Gasteiger partial charge in [-0.15, -0.1) is 0 Å². The number of hydrogen-bond acceptors (Lipinski definition) is 4. The highest BCUT2D eigenvalue weighted by Crippen LogP contribution is 2.35. The van der Waals surface area contributed by atoms with Crippen LogP contribution in [0.15, 0.2) is 36.7 Å². The van der Waals surface area contributed by atoms with Crippen LogP contribution in [0, 0.1) is 18.6 Å². The molecule has 0 radical (unpaired) electrons. The molecule has 0 aliphatic rings. The molecule has 1 N–H and O–H groups in total. The highest BCUT2D eigenvalue weighted by atomic mass is 35.5. The SMILES string of the molecule is Cc1ccc(Cn2cc(-n3c(Cn4nc(C(F)(F)F)c(Cl)c4C)n[nH]c3=S)cn2)cc1. The fraction of sp³-hybridized carbons (Fsp3) is 0.263. The molecule has 3 heterocycles. The van der Waals surface area contributed by atoms with E-state index in [-0.39, 0.29) is 17.0 Å². The van der Waals surface area contributed by atoms with Crippen molar-refractivity contribution < 1.29 is 13.2 Å². The van der Waals surface area contributed by atoms with E-state index in [9.17, 15) is 13.2 Å². The Bertz CT molecular complexity index is 1280. The molecule has 0 saturated carbocycles. The monoisotopic (exact) mass is 467 g/mol. The third-order valence-corrected chi connectivity index (χ3v) is 5.50. The van der Waals surface area contributed by atoms with E-state index in [1.54, 1.807) is 21.6 Å². The zero-order valence-electron chi connectivity index (χ0n) is 16.5. The first kappa shape index (κ1) is 21.3. The van der Waals surface area contributed by atoms with Crippen LogP contribution >= 0.6 is 23.8 Å². The van der Waals surface area contributed by atoms with Crippen LogP contribution in [0.4, 0.5) is 13.2 Å². The van der Waals surface area contributed by atoms with E-state index >= 15 is 0 Å². The molecule has 0 unspecified atom stereocenters. The third-order valence-electron chi connectivity index (χ3n) is 4.78. The number of benzene rings is 1. The second-order valence-electron chi connectivity index (χ2n) is 7.07. The summed E-state index contributed by atoms with van der Waals surface area (Å²) in [5, 5.41) is 14.4. The average molecular weight is 468 g/mol. The smallest absolute Gasteiger partial charge is 0.267 e. The lowest BCUT2D eigenvalue weighted by atomic mass is 10.1. The van der Waals surface area contributed by atoms with Gasteiger partial charge in [-0.2, -0.15) is 28.5 Å². The largest absolute Gasteiger partial charge is 0.436 e. The number of rotatable bonds is 5. The minimum atomic E-state index is -4.64. The molecule has 12 heteroatoms. The Morgan fingerprint density at radius 1 is 1.13 bits per heavy atom. The molecule has 0 aliphatic heterocycles. The highest BCUT2D eigenvalue weighted by molar-refractivity contribution is 7.71. The number of aromatic amines is 1. The first-order chi connectivity index (χ1) is 14.6. The van der Waals surface area contributed by atoms with Crippen LogP contribution in [0.2, 0.25) is 5.02 Å². The van der Waals surface area contributed by atoms with Crippen molar-refractivity contribution in [2.45, 2.75) is 33.1 Å². The van der Waals surface area contributed by atoms with Gasteiger partial charge in [-0.25, -0.2) is 0 Å². The maximum absolute atomic E-state index is 13.1. The summed E-state index contributed by atoms with van der Waals surface area (Å²) in [5.74, 6) is 0.371. The summed E-state index contributed by atoms with van der Waals surface area (Å²) in [5.41, 5.74) is 1.94.